The molecule has 2 heterocycles. The van der Waals surface area contributed by atoms with Crippen molar-refractivity contribution >= 4 is 28.1 Å². The Balaban J connectivity index is 1.62. The maximum atomic E-state index is 12.0. The van der Waals surface area contributed by atoms with Crippen molar-refractivity contribution in [2.45, 2.75) is 20.4 Å². The fourth-order valence-electron chi connectivity index (χ4n) is 4.92. The van der Waals surface area contributed by atoms with Crippen LogP contribution in [0.25, 0.3) is 22.0 Å². The summed E-state index contributed by atoms with van der Waals surface area (Å²) in [4.78, 5) is 18.9. The summed E-state index contributed by atoms with van der Waals surface area (Å²) in [6.45, 7) is 7.35. The molecule has 1 saturated heterocycles. The number of aryl methyl sites for hydroxylation is 1. The number of nitro groups is 1. The van der Waals surface area contributed by atoms with Crippen molar-refractivity contribution in [3.8, 4) is 16.9 Å². The van der Waals surface area contributed by atoms with E-state index in [2.05, 4.69) is 23.2 Å². The summed E-state index contributed by atoms with van der Waals surface area (Å²) in [6, 6.07) is 19.3. The third-order valence-electron chi connectivity index (χ3n) is 6.87. The van der Waals surface area contributed by atoms with Gasteiger partial charge in [-0.3, -0.25) is 10.1 Å². The summed E-state index contributed by atoms with van der Waals surface area (Å²) in [5, 5.41) is 16.3. The second-order valence-electron chi connectivity index (χ2n) is 9.19. The van der Waals surface area contributed by atoms with Gasteiger partial charge in [0.2, 0.25) is 0 Å². The molecule has 190 valence electrons. The summed E-state index contributed by atoms with van der Waals surface area (Å²) in [5.74, 6) is 1.70. The highest BCUT2D eigenvalue weighted by molar-refractivity contribution is 6.00. The first-order valence-electron chi connectivity index (χ1n) is 12.3. The minimum atomic E-state index is -0.330. The van der Waals surface area contributed by atoms with Crippen LogP contribution in [-0.4, -0.2) is 43.3 Å². The number of anilines is 2. The van der Waals surface area contributed by atoms with E-state index in [1.807, 2.05) is 55.5 Å². The topological polar surface area (TPSA) is 89.8 Å². The number of nitrogens with one attached hydrogen (secondary N) is 1. The van der Waals surface area contributed by atoms with E-state index in [4.69, 9.17) is 14.5 Å². The van der Waals surface area contributed by atoms with Crippen LogP contribution in [0.15, 0.2) is 60.7 Å². The zero-order chi connectivity index (χ0) is 25.9. The lowest BCUT2D eigenvalue weighted by molar-refractivity contribution is -0.384. The van der Waals surface area contributed by atoms with Crippen LogP contribution in [0.1, 0.15) is 16.7 Å². The van der Waals surface area contributed by atoms with Gasteiger partial charge in [-0.2, -0.15) is 0 Å². The van der Waals surface area contributed by atoms with Crippen molar-refractivity contribution in [1.82, 2.24) is 4.98 Å². The average Bonchev–Trinajstić information content (AvgIpc) is 2.93. The van der Waals surface area contributed by atoms with E-state index < -0.39 is 0 Å². The van der Waals surface area contributed by atoms with Crippen molar-refractivity contribution in [1.29, 1.82) is 0 Å². The maximum Gasteiger partial charge on any atom is 0.292 e. The molecule has 8 nitrogen and oxygen atoms in total. The molecular formula is C29H30N4O4. The summed E-state index contributed by atoms with van der Waals surface area (Å²) < 4.78 is 10.8. The molecule has 0 radical (unpaired) electrons. The zero-order valence-electron chi connectivity index (χ0n) is 21.3. The Labute approximate surface area is 216 Å². The Morgan fingerprint density at radius 1 is 1.08 bits per heavy atom. The summed E-state index contributed by atoms with van der Waals surface area (Å²) >= 11 is 0. The molecular weight excluding hydrogens is 468 g/mol. The third-order valence-corrected chi connectivity index (χ3v) is 6.87. The van der Waals surface area contributed by atoms with Crippen molar-refractivity contribution < 1.29 is 14.4 Å². The monoisotopic (exact) mass is 498 g/mol. The molecule has 1 aliphatic heterocycles. The lowest BCUT2D eigenvalue weighted by Crippen LogP contribution is -2.37. The van der Waals surface area contributed by atoms with Gasteiger partial charge in [-0.05, 0) is 60.4 Å². The Hall–Kier alpha value is -4.17. The number of morpholine rings is 1. The second kappa shape index (κ2) is 10.4. The highest BCUT2D eigenvalue weighted by Crippen LogP contribution is 2.41. The molecule has 4 aromatic rings. The van der Waals surface area contributed by atoms with Crippen LogP contribution in [0.3, 0.4) is 0 Å². The molecule has 3 aromatic carbocycles. The molecule has 0 unspecified atom stereocenters. The molecule has 0 bridgehead atoms. The van der Waals surface area contributed by atoms with Crippen molar-refractivity contribution in [2.24, 2.45) is 0 Å². The van der Waals surface area contributed by atoms with E-state index in [1.165, 1.54) is 0 Å². The van der Waals surface area contributed by atoms with E-state index >= 15 is 0 Å². The van der Waals surface area contributed by atoms with E-state index in [-0.39, 0.29) is 10.6 Å². The number of aromatic nitrogens is 1. The first-order chi connectivity index (χ1) is 18.0. The molecule has 0 amide bonds. The molecule has 5 rings (SSSR count). The van der Waals surface area contributed by atoms with Gasteiger partial charge in [0, 0.05) is 36.7 Å². The summed E-state index contributed by atoms with van der Waals surface area (Å²) in [7, 11) is 1.62. The number of hydrogen-bond acceptors (Lipinski definition) is 7. The standard InChI is InChI=1S/C29H30N4O4/c1-19-16-27(33(34)35)26(30-18-21-8-10-22(36-3)11-9-21)17-24(19)28-20(2)29(32-12-14-37-15-13-32)31-25-7-5-4-6-23(25)28/h4-11,16-17,30H,12-15,18H2,1-3H3. The van der Waals surface area contributed by atoms with Gasteiger partial charge in [-0.15, -0.1) is 0 Å². The number of benzene rings is 3. The van der Waals surface area contributed by atoms with Crippen LogP contribution < -0.4 is 15.0 Å². The lowest BCUT2D eigenvalue weighted by Gasteiger charge is -2.30. The largest absolute Gasteiger partial charge is 0.497 e. The van der Waals surface area contributed by atoms with Crippen LogP contribution in [0.4, 0.5) is 17.2 Å². The van der Waals surface area contributed by atoms with E-state index in [9.17, 15) is 10.1 Å². The van der Waals surface area contributed by atoms with Crippen LogP contribution in [0.5, 0.6) is 5.75 Å². The molecule has 1 aromatic heterocycles. The molecule has 1 aliphatic rings. The van der Waals surface area contributed by atoms with Gasteiger partial charge in [0.05, 0.1) is 30.8 Å². The number of ether oxygens (including phenoxy) is 2. The molecule has 37 heavy (non-hydrogen) atoms. The number of pyridine rings is 1. The van der Waals surface area contributed by atoms with E-state index in [0.717, 1.165) is 63.4 Å². The number of methoxy groups -OCH3 is 1. The number of fused-ring (bicyclic) bond motifs is 1. The number of para-hydroxylation sites is 1. The molecule has 1 N–H and O–H groups in total. The molecule has 0 aliphatic carbocycles. The number of nitro benzene ring substituents is 1. The van der Waals surface area contributed by atoms with Crippen molar-refractivity contribution in [3.63, 3.8) is 0 Å². The lowest BCUT2D eigenvalue weighted by atomic mass is 9.92. The van der Waals surface area contributed by atoms with Gasteiger partial charge in [0.15, 0.2) is 0 Å². The molecule has 0 atom stereocenters. The molecule has 8 heteroatoms. The van der Waals surface area contributed by atoms with Crippen LogP contribution in [0.2, 0.25) is 0 Å². The van der Waals surface area contributed by atoms with Crippen LogP contribution in [0, 0.1) is 24.0 Å². The Bertz CT molecular complexity index is 1450. The molecule has 0 spiro atoms. The average molecular weight is 499 g/mol. The second-order valence-corrected chi connectivity index (χ2v) is 9.19. The zero-order valence-corrected chi connectivity index (χ0v) is 21.3. The smallest absolute Gasteiger partial charge is 0.292 e. The number of rotatable bonds is 7. The quantitative estimate of drug-likeness (QED) is 0.251. The van der Waals surface area contributed by atoms with Gasteiger partial charge < -0.3 is 19.7 Å². The van der Waals surface area contributed by atoms with Crippen molar-refractivity contribution in [3.05, 3.63) is 87.5 Å². The Kier molecular flexibility index (Phi) is 6.92. The fraction of sp³-hybridized carbons (Fsp3) is 0.276. The molecule has 0 saturated carbocycles. The summed E-state index contributed by atoms with van der Waals surface area (Å²) in [5.41, 5.74) is 6.33. The van der Waals surface area contributed by atoms with Gasteiger partial charge >= 0.3 is 0 Å². The number of nitrogens with zero attached hydrogens (tertiary/aromatic N) is 3. The highest BCUT2D eigenvalue weighted by Gasteiger charge is 2.23. The SMILES string of the molecule is COc1ccc(CNc2cc(-c3c(C)c(N4CCOCC4)nc4ccccc34)c(C)cc2[N+](=O)[O-])cc1. The van der Waals surface area contributed by atoms with Gasteiger partial charge in [0.25, 0.3) is 5.69 Å². The van der Waals surface area contributed by atoms with Crippen molar-refractivity contribution in [2.75, 3.05) is 43.6 Å². The minimum Gasteiger partial charge on any atom is -0.497 e. The normalized spacial score (nSPS) is 13.5. The molecule has 1 fully saturated rings. The van der Waals surface area contributed by atoms with Crippen LogP contribution in [-0.2, 0) is 11.3 Å². The Morgan fingerprint density at radius 3 is 2.51 bits per heavy atom. The fourth-order valence-corrected chi connectivity index (χ4v) is 4.92. The minimum absolute atomic E-state index is 0.0548. The Morgan fingerprint density at radius 2 is 1.81 bits per heavy atom. The van der Waals surface area contributed by atoms with Gasteiger partial charge in [0.1, 0.15) is 17.3 Å². The number of hydrogen-bond donors (Lipinski definition) is 1. The van der Waals surface area contributed by atoms with Gasteiger partial charge in [-0.1, -0.05) is 30.3 Å². The van der Waals surface area contributed by atoms with Gasteiger partial charge in [-0.25, -0.2) is 4.98 Å². The predicted molar refractivity (Wildman–Crippen MR) is 147 cm³/mol. The first-order valence-corrected chi connectivity index (χ1v) is 12.3. The van der Waals surface area contributed by atoms with Crippen LogP contribution >= 0.6 is 0 Å². The first kappa shape index (κ1) is 24.5. The summed E-state index contributed by atoms with van der Waals surface area (Å²) in [6.07, 6.45) is 0. The van der Waals surface area contributed by atoms with E-state index in [0.29, 0.717) is 25.4 Å². The maximum absolute atomic E-state index is 12.0. The highest BCUT2D eigenvalue weighted by atomic mass is 16.6. The third kappa shape index (κ3) is 4.93. The predicted octanol–water partition coefficient (Wildman–Crippen LogP) is 5.88. The van der Waals surface area contributed by atoms with E-state index in [1.54, 1.807) is 13.2 Å².